The van der Waals surface area contributed by atoms with Gasteiger partial charge < -0.3 is 14.8 Å². The molecule has 0 radical (unpaired) electrons. The van der Waals surface area contributed by atoms with Crippen molar-refractivity contribution in [2.45, 2.75) is 19.9 Å². The Kier molecular flexibility index (Phi) is 6.13. The van der Waals surface area contributed by atoms with Gasteiger partial charge in [0, 0.05) is 24.0 Å². The van der Waals surface area contributed by atoms with Crippen LogP contribution in [0.4, 0.5) is 0 Å². The van der Waals surface area contributed by atoms with Crippen molar-refractivity contribution in [2.24, 2.45) is 0 Å². The summed E-state index contributed by atoms with van der Waals surface area (Å²) in [6, 6.07) is 9.63. The largest absolute Gasteiger partial charge is 0.493 e. The summed E-state index contributed by atoms with van der Waals surface area (Å²) in [4.78, 5) is 12.5. The number of amides is 1. The molecule has 0 atom stereocenters. The third kappa shape index (κ3) is 4.31. The first kappa shape index (κ1) is 19.0. The van der Waals surface area contributed by atoms with E-state index in [-0.39, 0.29) is 5.91 Å². The van der Waals surface area contributed by atoms with E-state index >= 15 is 0 Å². The molecule has 27 heavy (non-hydrogen) atoms. The van der Waals surface area contributed by atoms with E-state index in [1.165, 1.54) is 0 Å². The van der Waals surface area contributed by atoms with Gasteiger partial charge in [0.05, 0.1) is 19.9 Å². The van der Waals surface area contributed by atoms with E-state index in [9.17, 15) is 4.79 Å². The summed E-state index contributed by atoms with van der Waals surface area (Å²) in [5.41, 5.74) is 3.54. The van der Waals surface area contributed by atoms with E-state index in [0.29, 0.717) is 36.7 Å². The molecule has 0 fully saturated rings. The van der Waals surface area contributed by atoms with Crippen LogP contribution in [0.3, 0.4) is 0 Å². The minimum atomic E-state index is -0.167. The summed E-state index contributed by atoms with van der Waals surface area (Å²) in [5, 5.41) is 11.4. The number of ether oxygens (including phenoxy) is 2. The number of nitrogens with zero attached hydrogens (tertiary/aromatic N) is 2. The van der Waals surface area contributed by atoms with Crippen LogP contribution in [0.2, 0.25) is 0 Å². The van der Waals surface area contributed by atoms with Gasteiger partial charge in [0.15, 0.2) is 17.2 Å². The standard InChI is InChI=1S/C20H23N3O3S/c1-4-23-17(15-8-10-27-13-15)12-16(22-23)20(24)21-9-7-14-5-6-18(25-2)19(11-14)26-3/h5-6,8,10-13H,4,7,9H2,1-3H3,(H,21,24). The maximum Gasteiger partial charge on any atom is 0.271 e. The average molecular weight is 385 g/mol. The summed E-state index contributed by atoms with van der Waals surface area (Å²) < 4.78 is 12.4. The van der Waals surface area contributed by atoms with Gasteiger partial charge in [-0.15, -0.1) is 0 Å². The van der Waals surface area contributed by atoms with Crippen LogP contribution < -0.4 is 14.8 Å². The second-order valence-electron chi connectivity index (χ2n) is 5.94. The Bertz CT molecular complexity index is 903. The van der Waals surface area contributed by atoms with Crippen LogP contribution in [0, 0.1) is 0 Å². The first-order valence-electron chi connectivity index (χ1n) is 8.75. The zero-order valence-corrected chi connectivity index (χ0v) is 16.5. The Labute approximate surface area is 162 Å². The predicted octanol–water partition coefficient (Wildman–Crippen LogP) is 3.62. The van der Waals surface area contributed by atoms with Crippen LogP contribution in [0.25, 0.3) is 11.3 Å². The first-order chi connectivity index (χ1) is 13.2. The van der Waals surface area contributed by atoms with Crippen LogP contribution in [-0.2, 0) is 13.0 Å². The summed E-state index contributed by atoms with van der Waals surface area (Å²) >= 11 is 1.63. The lowest BCUT2D eigenvalue weighted by atomic mass is 10.1. The number of aryl methyl sites for hydroxylation is 1. The first-order valence-corrected chi connectivity index (χ1v) is 9.70. The highest BCUT2D eigenvalue weighted by Crippen LogP contribution is 2.27. The molecule has 7 heteroatoms. The Morgan fingerprint density at radius 3 is 2.67 bits per heavy atom. The van der Waals surface area contributed by atoms with E-state index < -0.39 is 0 Å². The van der Waals surface area contributed by atoms with Gasteiger partial charge in [-0.3, -0.25) is 9.48 Å². The highest BCUT2D eigenvalue weighted by atomic mass is 32.1. The average Bonchev–Trinajstić information content (AvgIpc) is 3.36. The third-order valence-corrected chi connectivity index (χ3v) is 4.96. The molecule has 0 saturated carbocycles. The molecule has 2 aromatic heterocycles. The molecule has 0 aliphatic carbocycles. The molecule has 142 valence electrons. The van der Waals surface area contributed by atoms with Crippen LogP contribution in [0.15, 0.2) is 41.1 Å². The molecule has 1 aromatic carbocycles. The molecule has 1 N–H and O–H groups in total. The van der Waals surface area contributed by atoms with E-state index in [1.807, 2.05) is 47.3 Å². The van der Waals surface area contributed by atoms with Crippen molar-refractivity contribution in [3.05, 3.63) is 52.3 Å². The highest BCUT2D eigenvalue weighted by Gasteiger charge is 2.15. The molecular formula is C20H23N3O3S. The molecule has 1 amide bonds. The Morgan fingerprint density at radius 2 is 2.00 bits per heavy atom. The second kappa shape index (κ2) is 8.73. The quantitative estimate of drug-likeness (QED) is 0.643. The highest BCUT2D eigenvalue weighted by molar-refractivity contribution is 7.08. The van der Waals surface area contributed by atoms with Crippen molar-refractivity contribution < 1.29 is 14.3 Å². The molecule has 0 aliphatic rings. The fourth-order valence-electron chi connectivity index (χ4n) is 2.86. The Hall–Kier alpha value is -2.80. The number of aromatic nitrogens is 2. The van der Waals surface area contributed by atoms with Crippen LogP contribution in [0.5, 0.6) is 11.5 Å². The van der Waals surface area contributed by atoms with Crippen molar-refractivity contribution in [1.29, 1.82) is 0 Å². The van der Waals surface area contributed by atoms with E-state index in [1.54, 1.807) is 25.6 Å². The van der Waals surface area contributed by atoms with Gasteiger partial charge in [-0.1, -0.05) is 6.07 Å². The van der Waals surface area contributed by atoms with Crippen molar-refractivity contribution in [1.82, 2.24) is 15.1 Å². The number of nitrogens with one attached hydrogen (secondary N) is 1. The molecule has 6 nitrogen and oxygen atoms in total. The van der Waals surface area contributed by atoms with Gasteiger partial charge in [-0.2, -0.15) is 16.4 Å². The molecule has 0 unspecified atom stereocenters. The molecule has 3 aromatic rings. The lowest BCUT2D eigenvalue weighted by molar-refractivity contribution is 0.0948. The van der Waals surface area contributed by atoms with Crippen molar-refractivity contribution >= 4 is 17.2 Å². The molecule has 0 bridgehead atoms. The lowest BCUT2D eigenvalue weighted by Gasteiger charge is -2.09. The van der Waals surface area contributed by atoms with Gasteiger partial charge in [0.25, 0.3) is 5.91 Å². The summed E-state index contributed by atoms with van der Waals surface area (Å²) in [7, 11) is 3.22. The smallest absolute Gasteiger partial charge is 0.271 e. The van der Waals surface area contributed by atoms with E-state index in [2.05, 4.69) is 15.8 Å². The molecule has 0 saturated heterocycles. The zero-order valence-electron chi connectivity index (χ0n) is 15.7. The maximum absolute atomic E-state index is 12.5. The van der Waals surface area contributed by atoms with Gasteiger partial charge in [-0.25, -0.2) is 0 Å². The maximum atomic E-state index is 12.5. The van der Waals surface area contributed by atoms with E-state index in [4.69, 9.17) is 9.47 Å². The Morgan fingerprint density at radius 1 is 1.19 bits per heavy atom. The molecule has 0 spiro atoms. The summed E-state index contributed by atoms with van der Waals surface area (Å²) in [5.74, 6) is 1.21. The van der Waals surface area contributed by atoms with Crippen molar-refractivity contribution in [3.63, 3.8) is 0 Å². The van der Waals surface area contributed by atoms with Gasteiger partial charge >= 0.3 is 0 Å². The predicted molar refractivity (Wildman–Crippen MR) is 107 cm³/mol. The van der Waals surface area contributed by atoms with Crippen LogP contribution in [0.1, 0.15) is 23.0 Å². The number of hydrogen-bond acceptors (Lipinski definition) is 5. The number of carbonyl (C=O) groups excluding carboxylic acids is 1. The van der Waals surface area contributed by atoms with Crippen molar-refractivity contribution in [2.75, 3.05) is 20.8 Å². The molecule has 2 heterocycles. The van der Waals surface area contributed by atoms with Crippen LogP contribution >= 0.6 is 11.3 Å². The topological polar surface area (TPSA) is 65.4 Å². The fourth-order valence-corrected chi connectivity index (χ4v) is 3.51. The minimum Gasteiger partial charge on any atom is -0.493 e. The van der Waals surface area contributed by atoms with Gasteiger partial charge in [0.1, 0.15) is 0 Å². The summed E-state index contributed by atoms with van der Waals surface area (Å²) in [6.07, 6.45) is 0.692. The number of benzene rings is 1. The third-order valence-electron chi connectivity index (χ3n) is 4.28. The second-order valence-corrected chi connectivity index (χ2v) is 6.72. The SMILES string of the molecule is CCn1nc(C(=O)NCCc2ccc(OC)c(OC)c2)cc1-c1ccsc1. The van der Waals surface area contributed by atoms with Crippen molar-refractivity contribution in [3.8, 4) is 22.8 Å². The molecule has 3 rings (SSSR count). The van der Waals surface area contributed by atoms with Gasteiger partial charge in [0.2, 0.25) is 0 Å². The number of hydrogen-bond donors (Lipinski definition) is 1. The monoisotopic (exact) mass is 385 g/mol. The fraction of sp³-hybridized carbons (Fsp3) is 0.300. The lowest BCUT2D eigenvalue weighted by Crippen LogP contribution is -2.26. The van der Waals surface area contributed by atoms with Crippen LogP contribution in [-0.4, -0.2) is 36.5 Å². The Balaban J connectivity index is 1.63. The number of carbonyl (C=O) groups is 1. The molecular weight excluding hydrogens is 362 g/mol. The minimum absolute atomic E-state index is 0.167. The zero-order chi connectivity index (χ0) is 19.2. The van der Waals surface area contributed by atoms with E-state index in [0.717, 1.165) is 16.8 Å². The molecule has 0 aliphatic heterocycles. The van der Waals surface area contributed by atoms with Gasteiger partial charge in [-0.05, 0) is 48.6 Å². The number of thiophene rings is 1. The normalized spacial score (nSPS) is 10.6. The number of rotatable bonds is 8. The number of methoxy groups -OCH3 is 2. The summed E-state index contributed by atoms with van der Waals surface area (Å²) in [6.45, 7) is 3.24.